The van der Waals surface area contributed by atoms with Crippen molar-refractivity contribution >= 4 is 5.69 Å². The molecule has 1 rings (SSSR count). The number of hydrogen-bond acceptors (Lipinski definition) is 3. The monoisotopic (exact) mass is 244 g/mol. The molecule has 17 heavy (non-hydrogen) atoms. The van der Waals surface area contributed by atoms with E-state index in [9.17, 15) is 8.78 Å². The Bertz CT molecular complexity index is 349. The van der Waals surface area contributed by atoms with Crippen LogP contribution in [-0.2, 0) is 6.54 Å². The lowest BCUT2D eigenvalue weighted by atomic mass is 10.1. The van der Waals surface area contributed by atoms with Crippen LogP contribution in [0.25, 0.3) is 0 Å². The summed E-state index contributed by atoms with van der Waals surface area (Å²) in [5.74, 6) is -1.18. The fourth-order valence-corrected chi connectivity index (χ4v) is 1.78. The van der Waals surface area contributed by atoms with Crippen LogP contribution in [0.15, 0.2) is 12.1 Å². The smallest absolute Gasteiger partial charge is 0.149 e. The SMILES string of the molecule is CCN(CCO)c1c(F)cc(CNC)cc1F. The molecule has 0 saturated carbocycles. The Kier molecular flexibility index (Phi) is 5.31. The van der Waals surface area contributed by atoms with Gasteiger partial charge in [-0.25, -0.2) is 8.78 Å². The van der Waals surface area contributed by atoms with Crippen LogP contribution in [0.5, 0.6) is 0 Å². The van der Waals surface area contributed by atoms with Crippen LogP contribution in [0, 0.1) is 11.6 Å². The molecule has 0 radical (unpaired) electrons. The molecule has 96 valence electrons. The Morgan fingerprint density at radius 2 is 1.88 bits per heavy atom. The van der Waals surface area contributed by atoms with Gasteiger partial charge in [-0.3, -0.25) is 0 Å². The van der Waals surface area contributed by atoms with Crippen LogP contribution < -0.4 is 10.2 Å². The molecule has 3 nitrogen and oxygen atoms in total. The van der Waals surface area contributed by atoms with Gasteiger partial charge >= 0.3 is 0 Å². The first-order valence-corrected chi connectivity index (χ1v) is 5.62. The summed E-state index contributed by atoms with van der Waals surface area (Å²) in [5, 5.41) is 11.7. The van der Waals surface area contributed by atoms with Gasteiger partial charge in [0.25, 0.3) is 0 Å². The number of nitrogens with one attached hydrogen (secondary N) is 1. The van der Waals surface area contributed by atoms with Crippen LogP contribution >= 0.6 is 0 Å². The fourth-order valence-electron chi connectivity index (χ4n) is 1.78. The van der Waals surface area contributed by atoms with E-state index in [1.54, 1.807) is 14.0 Å². The minimum absolute atomic E-state index is 0.0681. The van der Waals surface area contributed by atoms with Crippen LogP contribution in [0.3, 0.4) is 0 Å². The van der Waals surface area contributed by atoms with Crippen LogP contribution in [0.2, 0.25) is 0 Å². The molecule has 0 aliphatic carbocycles. The van der Waals surface area contributed by atoms with Gasteiger partial charge in [0, 0.05) is 19.6 Å². The van der Waals surface area contributed by atoms with E-state index in [1.165, 1.54) is 17.0 Å². The largest absolute Gasteiger partial charge is 0.395 e. The Hall–Kier alpha value is -1.20. The average molecular weight is 244 g/mol. The molecule has 0 aliphatic heterocycles. The van der Waals surface area contributed by atoms with Crippen molar-refractivity contribution in [1.29, 1.82) is 0 Å². The number of anilines is 1. The summed E-state index contributed by atoms with van der Waals surface area (Å²) in [7, 11) is 1.72. The third-order valence-corrected chi connectivity index (χ3v) is 2.53. The maximum atomic E-state index is 13.8. The van der Waals surface area contributed by atoms with Crippen molar-refractivity contribution < 1.29 is 13.9 Å². The van der Waals surface area contributed by atoms with Crippen molar-refractivity contribution in [3.63, 3.8) is 0 Å². The molecular formula is C12H18F2N2O. The van der Waals surface area contributed by atoms with E-state index in [-0.39, 0.29) is 18.8 Å². The molecule has 1 aromatic carbocycles. The van der Waals surface area contributed by atoms with Crippen LogP contribution in [-0.4, -0.2) is 31.9 Å². The molecule has 0 bridgehead atoms. The maximum absolute atomic E-state index is 13.8. The summed E-state index contributed by atoms with van der Waals surface area (Å²) in [6, 6.07) is 2.63. The molecule has 0 aromatic heterocycles. The average Bonchev–Trinajstić information content (AvgIpc) is 2.27. The number of aliphatic hydroxyl groups is 1. The van der Waals surface area contributed by atoms with Crippen molar-refractivity contribution in [3.05, 3.63) is 29.3 Å². The molecule has 0 spiro atoms. The summed E-state index contributed by atoms with van der Waals surface area (Å²) in [5.41, 5.74) is 0.493. The number of hydrogen-bond donors (Lipinski definition) is 2. The highest BCUT2D eigenvalue weighted by Gasteiger charge is 2.16. The van der Waals surface area contributed by atoms with Crippen molar-refractivity contribution in [2.75, 3.05) is 31.6 Å². The molecule has 0 aliphatic rings. The normalized spacial score (nSPS) is 10.6. The molecule has 0 unspecified atom stereocenters. The Morgan fingerprint density at radius 3 is 2.29 bits per heavy atom. The molecule has 0 atom stereocenters. The van der Waals surface area contributed by atoms with Gasteiger partial charge in [-0.1, -0.05) is 0 Å². The summed E-state index contributed by atoms with van der Waals surface area (Å²) in [6.45, 7) is 2.73. The van der Waals surface area contributed by atoms with E-state index in [0.717, 1.165) is 0 Å². The van der Waals surface area contributed by atoms with Crippen LogP contribution in [0.1, 0.15) is 12.5 Å². The second-order valence-corrected chi connectivity index (χ2v) is 3.74. The highest BCUT2D eigenvalue weighted by molar-refractivity contribution is 5.50. The number of aliphatic hydroxyl groups excluding tert-OH is 1. The van der Waals surface area contributed by atoms with E-state index in [4.69, 9.17) is 5.11 Å². The lowest BCUT2D eigenvalue weighted by molar-refractivity contribution is 0.301. The summed E-state index contributed by atoms with van der Waals surface area (Å²) < 4.78 is 27.6. The number of halogens is 2. The lowest BCUT2D eigenvalue weighted by Gasteiger charge is -2.23. The number of nitrogens with zero attached hydrogens (tertiary/aromatic N) is 1. The van der Waals surface area contributed by atoms with E-state index in [0.29, 0.717) is 18.7 Å². The predicted molar refractivity (Wildman–Crippen MR) is 64.1 cm³/mol. The maximum Gasteiger partial charge on any atom is 0.149 e. The van der Waals surface area contributed by atoms with Crippen molar-refractivity contribution in [2.45, 2.75) is 13.5 Å². The molecule has 0 fully saturated rings. The van der Waals surface area contributed by atoms with Gasteiger partial charge in [0.05, 0.1) is 6.61 Å². The highest BCUT2D eigenvalue weighted by atomic mass is 19.1. The van der Waals surface area contributed by atoms with Gasteiger partial charge in [-0.05, 0) is 31.7 Å². The topological polar surface area (TPSA) is 35.5 Å². The Labute approximate surface area is 100 Å². The number of likely N-dealkylation sites (N-methyl/N-ethyl adjacent to an activating group) is 1. The van der Waals surface area contributed by atoms with E-state index >= 15 is 0 Å². The quantitative estimate of drug-likeness (QED) is 0.796. The molecule has 0 heterocycles. The Morgan fingerprint density at radius 1 is 1.29 bits per heavy atom. The standard InChI is InChI=1S/C12H18F2N2O/c1-3-16(4-5-17)12-10(13)6-9(8-15-2)7-11(12)14/h6-7,15,17H,3-5,8H2,1-2H3. The third-order valence-electron chi connectivity index (χ3n) is 2.53. The van der Waals surface area contributed by atoms with Crippen molar-refractivity contribution in [2.24, 2.45) is 0 Å². The predicted octanol–water partition coefficient (Wildman–Crippen LogP) is 1.50. The van der Waals surface area contributed by atoms with Gasteiger partial charge in [-0.15, -0.1) is 0 Å². The summed E-state index contributed by atoms with van der Waals surface area (Å²) in [4.78, 5) is 1.48. The zero-order valence-corrected chi connectivity index (χ0v) is 10.1. The van der Waals surface area contributed by atoms with Gasteiger partial charge in [0.1, 0.15) is 17.3 Å². The van der Waals surface area contributed by atoms with E-state index in [1.807, 2.05) is 0 Å². The molecule has 2 N–H and O–H groups in total. The molecule has 5 heteroatoms. The van der Waals surface area contributed by atoms with Gasteiger partial charge in [0.15, 0.2) is 0 Å². The number of benzene rings is 1. The minimum Gasteiger partial charge on any atom is -0.395 e. The second-order valence-electron chi connectivity index (χ2n) is 3.74. The summed E-state index contributed by atoms with van der Waals surface area (Å²) >= 11 is 0. The van der Waals surface area contributed by atoms with Gasteiger partial charge < -0.3 is 15.3 Å². The molecular weight excluding hydrogens is 226 g/mol. The van der Waals surface area contributed by atoms with Gasteiger partial charge in [-0.2, -0.15) is 0 Å². The fraction of sp³-hybridized carbons (Fsp3) is 0.500. The first-order valence-electron chi connectivity index (χ1n) is 5.62. The first-order chi connectivity index (χ1) is 8.13. The van der Waals surface area contributed by atoms with Crippen molar-refractivity contribution in [3.8, 4) is 0 Å². The third kappa shape index (κ3) is 3.38. The molecule has 0 saturated heterocycles. The number of rotatable bonds is 6. The Balaban J connectivity index is 3.07. The minimum atomic E-state index is -0.592. The lowest BCUT2D eigenvalue weighted by Crippen LogP contribution is -2.28. The highest BCUT2D eigenvalue weighted by Crippen LogP contribution is 2.24. The van der Waals surface area contributed by atoms with E-state index < -0.39 is 11.6 Å². The molecule has 1 aromatic rings. The van der Waals surface area contributed by atoms with E-state index in [2.05, 4.69) is 5.32 Å². The second kappa shape index (κ2) is 6.51. The first kappa shape index (κ1) is 13.9. The van der Waals surface area contributed by atoms with Gasteiger partial charge in [0.2, 0.25) is 0 Å². The van der Waals surface area contributed by atoms with Crippen LogP contribution in [0.4, 0.5) is 14.5 Å². The summed E-state index contributed by atoms with van der Waals surface area (Å²) in [6.07, 6.45) is 0. The molecule has 0 amide bonds. The zero-order chi connectivity index (χ0) is 12.8. The zero-order valence-electron chi connectivity index (χ0n) is 10.1. The van der Waals surface area contributed by atoms with Crippen molar-refractivity contribution in [1.82, 2.24) is 5.32 Å².